The van der Waals surface area contributed by atoms with Crippen LogP contribution in [0.5, 0.6) is 0 Å². The van der Waals surface area contributed by atoms with Gasteiger partial charge in [0.1, 0.15) is 17.5 Å². The van der Waals surface area contributed by atoms with E-state index in [0.29, 0.717) is 44.3 Å². The van der Waals surface area contributed by atoms with Crippen LogP contribution >= 0.6 is 0 Å². The SMILES string of the molecule is CN=C(NCc1nccn1CC(C)C)N1CCN(c2cc(F)ccc2F)CC1. The van der Waals surface area contributed by atoms with Gasteiger partial charge in [0.2, 0.25) is 0 Å². The summed E-state index contributed by atoms with van der Waals surface area (Å²) < 4.78 is 29.6. The maximum atomic E-state index is 14.0. The number of nitrogens with zero attached hydrogens (tertiary/aromatic N) is 5. The first-order chi connectivity index (χ1) is 13.5. The summed E-state index contributed by atoms with van der Waals surface area (Å²) in [6.45, 7) is 8.42. The highest BCUT2D eigenvalue weighted by molar-refractivity contribution is 5.80. The summed E-state index contributed by atoms with van der Waals surface area (Å²) in [6, 6.07) is 3.58. The minimum absolute atomic E-state index is 0.318. The quantitative estimate of drug-likeness (QED) is 0.630. The average Bonchev–Trinajstić information content (AvgIpc) is 3.11. The van der Waals surface area contributed by atoms with Crippen molar-refractivity contribution in [3.63, 3.8) is 0 Å². The van der Waals surface area contributed by atoms with Crippen molar-refractivity contribution >= 4 is 11.6 Å². The maximum absolute atomic E-state index is 14.0. The number of imidazole rings is 1. The molecule has 1 aromatic heterocycles. The summed E-state index contributed by atoms with van der Waals surface area (Å²) in [5.41, 5.74) is 0.318. The van der Waals surface area contributed by atoms with Gasteiger partial charge in [0.25, 0.3) is 0 Å². The largest absolute Gasteiger partial charge is 0.366 e. The lowest BCUT2D eigenvalue weighted by Gasteiger charge is -2.37. The van der Waals surface area contributed by atoms with Gasteiger partial charge in [0.15, 0.2) is 5.96 Å². The van der Waals surface area contributed by atoms with Gasteiger partial charge in [-0.15, -0.1) is 0 Å². The van der Waals surface area contributed by atoms with E-state index in [1.54, 1.807) is 7.05 Å². The molecule has 6 nitrogen and oxygen atoms in total. The Bertz CT molecular complexity index is 809. The number of piperazine rings is 1. The van der Waals surface area contributed by atoms with Crippen LogP contribution in [0, 0.1) is 17.6 Å². The van der Waals surface area contributed by atoms with E-state index in [1.165, 1.54) is 12.1 Å². The molecule has 1 saturated heterocycles. The molecule has 3 rings (SSSR count). The van der Waals surface area contributed by atoms with Crippen LogP contribution in [0.3, 0.4) is 0 Å². The highest BCUT2D eigenvalue weighted by atomic mass is 19.1. The Morgan fingerprint density at radius 3 is 2.64 bits per heavy atom. The van der Waals surface area contributed by atoms with Crippen molar-refractivity contribution in [3.05, 3.63) is 48.1 Å². The van der Waals surface area contributed by atoms with Crippen LogP contribution < -0.4 is 10.2 Å². The zero-order valence-corrected chi connectivity index (χ0v) is 16.7. The molecule has 0 spiro atoms. The van der Waals surface area contributed by atoms with Crippen molar-refractivity contribution < 1.29 is 8.78 Å². The van der Waals surface area contributed by atoms with Gasteiger partial charge in [-0.3, -0.25) is 4.99 Å². The highest BCUT2D eigenvalue weighted by Crippen LogP contribution is 2.22. The topological polar surface area (TPSA) is 48.7 Å². The second-order valence-electron chi connectivity index (χ2n) is 7.36. The van der Waals surface area contributed by atoms with Crippen LogP contribution in [0.2, 0.25) is 0 Å². The summed E-state index contributed by atoms with van der Waals surface area (Å²) in [4.78, 5) is 12.8. The minimum atomic E-state index is -0.423. The molecule has 0 radical (unpaired) electrons. The van der Waals surface area contributed by atoms with E-state index in [0.717, 1.165) is 24.4 Å². The zero-order chi connectivity index (χ0) is 20.1. The maximum Gasteiger partial charge on any atom is 0.194 e. The number of hydrogen-bond donors (Lipinski definition) is 1. The van der Waals surface area contributed by atoms with E-state index < -0.39 is 11.6 Å². The molecule has 0 saturated carbocycles. The third kappa shape index (κ3) is 4.79. The Labute approximate surface area is 164 Å². The van der Waals surface area contributed by atoms with Crippen LogP contribution in [-0.2, 0) is 13.1 Å². The van der Waals surface area contributed by atoms with Gasteiger partial charge in [-0.1, -0.05) is 13.8 Å². The fourth-order valence-corrected chi connectivity index (χ4v) is 3.44. The van der Waals surface area contributed by atoms with Gasteiger partial charge < -0.3 is 19.7 Å². The molecule has 1 fully saturated rings. The van der Waals surface area contributed by atoms with E-state index in [9.17, 15) is 8.78 Å². The average molecular weight is 390 g/mol. The van der Waals surface area contributed by atoms with E-state index in [4.69, 9.17) is 0 Å². The van der Waals surface area contributed by atoms with E-state index >= 15 is 0 Å². The number of hydrogen-bond acceptors (Lipinski definition) is 3. The number of aromatic nitrogens is 2. The van der Waals surface area contributed by atoms with Crippen molar-refractivity contribution in [2.24, 2.45) is 10.9 Å². The molecule has 152 valence electrons. The second kappa shape index (κ2) is 9.03. The Morgan fingerprint density at radius 2 is 1.96 bits per heavy atom. The molecular weight excluding hydrogens is 362 g/mol. The third-order valence-electron chi connectivity index (χ3n) is 4.81. The van der Waals surface area contributed by atoms with E-state index in [-0.39, 0.29) is 0 Å². The lowest BCUT2D eigenvalue weighted by molar-refractivity contribution is 0.369. The smallest absolute Gasteiger partial charge is 0.194 e. The lowest BCUT2D eigenvalue weighted by atomic mass is 10.2. The molecule has 2 heterocycles. The van der Waals surface area contributed by atoms with Crippen LogP contribution in [0.1, 0.15) is 19.7 Å². The number of anilines is 1. The van der Waals surface area contributed by atoms with Gasteiger partial charge >= 0.3 is 0 Å². The number of guanidine groups is 1. The molecule has 1 aliphatic rings. The molecule has 0 aliphatic carbocycles. The standard InChI is InChI=1S/C20H28F2N6/c1-15(2)14-28-7-6-24-19(28)13-25-20(23-3)27-10-8-26(9-11-27)18-12-16(21)4-5-17(18)22/h4-7,12,15H,8-11,13-14H2,1-3H3,(H,23,25). The number of halogens is 2. The Hall–Kier alpha value is -2.64. The summed E-state index contributed by atoms with van der Waals surface area (Å²) in [5.74, 6) is 1.49. The molecule has 28 heavy (non-hydrogen) atoms. The van der Waals surface area contributed by atoms with Crippen LogP contribution in [0.4, 0.5) is 14.5 Å². The van der Waals surface area contributed by atoms with E-state index in [1.807, 2.05) is 17.3 Å². The minimum Gasteiger partial charge on any atom is -0.366 e. The second-order valence-corrected chi connectivity index (χ2v) is 7.36. The van der Waals surface area contributed by atoms with Crippen molar-refractivity contribution in [1.29, 1.82) is 0 Å². The van der Waals surface area contributed by atoms with Crippen molar-refractivity contribution in [3.8, 4) is 0 Å². The van der Waals surface area contributed by atoms with Gasteiger partial charge in [0, 0.05) is 58.2 Å². The first kappa shape index (κ1) is 20.1. The van der Waals surface area contributed by atoms with Gasteiger partial charge in [-0.05, 0) is 18.1 Å². The predicted octanol–water partition coefficient (Wildman–Crippen LogP) is 2.71. The third-order valence-corrected chi connectivity index (χ3v) is 4.81. The lowest BCUT2D eigenvalue weighted by Crippen LogP contribution is -2.52. The fourth-order valence-electron chi connectivity index (χ4n) is 3.44. The predicted molar refractivity (Wildman–Crippen MR) is 107 cm³/mol. The highest BCUT2D eigenvalue weighted by Gasteiger charge is 2.22. The fraction of sp³-hybridized carbons (Fsp3) is 0.500. The molecule has 0 unspecified atom stereocenters. The van der Waals surface area contributed by atoms with Crippen molar-refractivity contribution in [2.45, 2.75) is 26.9 Å². The molecule has 0 amide bonds. The Kier molecular flexibility index (Phi) is 6.49. The molecule has 8 heteroatoms. The Balaban J connectivity index is 1.57. The molecule has 0 bridgehead atoms. The number of nitrogens with one attached hydrogen (secondary N) is 1. The molecular formula is C20H28F2N6. The zero-order valence-electron chi connectivity index (χ0n) is 16.7. The summed E-state index contributed by atoms with van der Waals surface area (Å²) in [6.07, 6.45) is 3.81. The monoisotopic (exact) mass is 390 g/mol. The molecule has 0 atom stereocenters. The molecule has 2 aromatic rings. The van der Waals surface area contributed by atoms with Crippen molar-refractivity contribution in [1.82, 2.24) is 19.8 Å². The van der Waals surface area contributed by atoms with Gasteiger partial charge in [0.05, 0.1) is 12.2 Å². The normalized spacial score (nSPS) is 15.4. The molecule has 1 N–H and O–H groups in total. The van der Waals surface area contributed by atoms with Gasteiger partial charge in [-0.2, -0.15) is 0 Å². The number of aliphatic imine (C=N–C) groups is 1. The Morgan fingerprint density at radius 1 is 1.21 bits per heavy atom. The first-order valence-electron chi connectivity index (χ1n) is 9.63. The summed E-state index contributed by atoms with van der Waals surface area (Å²) >= 11 is 0. The summed E-state index contributed by atoms with van der Waals surface area (Å²) in [7, 11) is 1.75. The van der Waals surface area contributed by atoms with Crippen molar-refractivity contribution in [2.75, 3.05) is 38.1 Å². The number of rotatable bonds is 5. The van der Waals surface area contributed by atoms with Crippen LogP contribution in [0.25, 0.3) is 0 Å². The number of benzene rings is 1. The summed E-state index contributed by atoms with van der Waals surface area (Å²) in [5, 5.41) is 3.37. The molecule has 1 aromatic carbocycles. The molecule has 1 aliphatic heterocycles. The first-order valence-corrected chi connectivity index (χ1v) is 9.63. The van der Waals surface area contributed by atoms with E-state index in [2.05, 4.69) is 38.6 Å². The van der Waals surface area contributed by atoms with Gasteiger partial charge in [-0.25, -0.2) is 13.8 Å². The van der Waals surface area contributed by atoms with Crippen LogP contribution in [-0.4, -0.2) is 53.6 Å². The van der Waals surface area contributed by atoms with Crippen LogP contribution in [0.15, 0.2) is 35.6 Å².